The second kappa shape index (κ2) is 6.43. The molecule has 0 aromatic heterocycles. The SMILES string of the molecule is CNCCC(=O)NCc1cccc(Cl)c1. The van der Waals surface area contributed by atoms with Crippen molar-refractivity contribution in [1.82, 2.24) is 10.6 Å². The van der Waals surface area contributed by atoms with Gasteiger partial charge < -0.3 is 10.6 Å². The summed E-state index contributed by atoms with van der Waals surface area (Å²) >= 11 is 5.82. The van der Waals surface area contributed by atoms with Gasteiger partial charge in [0, 0.05) is 24.5 Å². The maximum absolute atomic E-state index is 11.3. The van der Waals surface area contributed by atoms with Crippen molar-refractivity contribution >= 4 is 17.5 Å². The Morgan fingerprint density at radius 2 is 2.27 bits per heavy atom. The molecule has 0 fully saturated rings. The van der Waals surface area contributed by atoms with Gasteiger partial charge in [-0.3, -0.25) is 4.79 Å². The fourth-order valence-corrected chi connectivity index (χ4v) is 1.39. The van der Waals surface area contributed by atoms with Gasteiger partial charge in [-0.25, -0.2) is 0 Å². The maximum atomic E-state index is 11.3. The van der Waals surface area contributed by atoms with Crippen LogP contribution in [0.2, 0.25) is 5.02 Å². The molecular formula is C11H15ClN2O. The van der Waals surface area contributed by atoms with Gasteiger partial charge in [0.2, 0.25) is 5.91 Å². The zero-order valence-electron chi connectivity index (χ0n) is 8.72. The van der Waals surface area contributed by atoms with E-state index in [-0.39, 0.29) is 5.91 Å². The van der Waals surface area contributed by atoms with E-state index in [0.717, 1.165) is 5.56 Å². The first-order chi connectivity index (χ1) is 7.22. The summed E-state index contributed by atoms with van der Waals surface area (Å²) in [7, 11) is 1.82. The first kappa shape index (κ1) is 12.0. The minimum atomic E-state index is 0.0457. The van der Waals surface area contributed by atoms with Gasteiger partial charge in [0.15, 0.2) is 0 Å². The number of hydrogen-bond donors (Lipinski definition) is 2. The van der Waals surface area contributed by atoms with E-state index in [0.29, 0.717) is 24.5 Å². The first-order valence-electron chi connectivity index (χ1n) is 4.88. The molecule has 82 valence electrons. The highest BCUT2D eigenvalue weighted by Crippen LogP contribution is 2.10. The molecule has 1 amide bonds. The Morgan fingerprint density at radius 3 is 2.93 bits per heavy atom. The van der Waals surface area contributed by atoms with Gasteiger partial charge in [-0.2, -0.15) is 0 Å². The van der Waals surface area contributed by atoms with Crippen LogP contribution in [0.3, 0.4) is 0 Å². The minimum absolute atomic E-state index is 0.0457. The van der Waals surface area contributed by atoms with E-state index in [9.17, 15) is 4.79 Å². The quantitative estimate of drug-likeness (QED) is 0.800. The Bertz CT molecular complexity index is 328. The van der Waals surface area contributed by atoms with Crippen LogP contribution in [0, 0.1) is 0 Å². The monoisotopic (exact) mass is 226 g/mol. The second-order valence-corrected chi connectivity index (χ2v) is 3.70. The number of carbonyl (C=O) groups is 1. The van der Waals surface area contributed by atoms with Crippen LogP contribution in [0.5, 0.6) is 0 Å². The Morgan fingerprint density at radius 1 is 1.47 bits per heavy atom. The molecule has 1 aromatic rings. The summed E-state index contributed by atoms with van der Waals surface area (Å²) in [5.74, 6) is 0.0457. The average molecular weight is 227 g/mol. The van der Waals surface area contributed by atoms with Crippen molar-refractivity contribution in [2.45, 2.75) is 13.0 Å². The average Bonchev–Trinajstić information content (AvgIpc) is 2.23. The van der Waals surface area contributed by atoms with Crippen molar-refractivity contribution in [3.05, 3.63) is 34.9 Å². The molecule has 0 aliphatic rings. The van der Waals surface area contributed by atoms with Crippen molar-refractivity contribution in [2.24, 2.45) is 0 Å². The molecular weight excluding hydrogens is 212 g/mol. The Labute approximate surface area is 94.8 Å². The van der Waals surface area contributed by atoms with Crippen molar-refractivity contribution < 1.29 is 4.79 Å². The number of nitrogens with one attached hydrogen (secondary N) is 2. The fraction of sp³-hybridized carbons (Fsp3) is 0.364. The van der Waals surface area contributed by atoms with Crippen LogP contribution in [0.4, 0.5) is 0 Å². The van der Waals surface area contributed by atoms with Crippen molar-refractivity contribution in [3.63, 3.8) is 0 Å². The molecule has 1 aromatic carbocycles. The number of carbonyl (C=O) groups excluding carboxylic acids is 1. The molecule has 0 heterocycles. The second-order valence-electron chi connectivity index (χ2n) is 3.26. The Hall–Kier alpha value is -1.06. The number of hydrogen-bond acceptors (Lipinski definition) is 2. The summed E-state index contributed by atoms with van der Waals surface area (Å²) < 4.78 is 0. The van der Waals surface area contributed by atoms with Gasteiger partial charge >= 0.3 is 0 Å². The largest absolute Gasteiger partial charge is 0.352 e. The zero-order valence-corrected chi connectivity index (χ0v) is 9.47. The van der Waals surface area contributed by atoms with E-state index in [1.165, 1.54) is 0 Å². The Balaban J connectivity index is 2.33. The third-order valence-electron chi connectivity index (χ3n) is 1.98. The third kappa shape index (κ3) is 4.81. The predicted molar refractivity (Wildman–Crippen MR) is 61.8 cm³/mol. The Kier molecular flexibility index (Phi) is 5.15. The number of halogens is 1. The van der Waals surface area contributed by atoms with Gasteiger partial charge in [-0.1, -0.05) is 23.7 Å². The normalized spacial score (nSPS) is 10.0. The summed E-state index contributed by atoms with van der Waals surface area (Å²) in [5.41, 5.74) is 1.01. The van der Waals surface area contributed by atoms with Crippen LogP contribution in [-0.4, -0.2) is 19.5 Å². The molecule has 0 atom stereocenters. The lowest BCUT2D eigenvalue weighted by atomic mass is 10.2. The van der Waals surface area contributed by atoms with E-state index in [1.54, 1.807) is 0 Å². The standard InChI is InChI=1S/C11H15ClN2O/c1-13-6-5-11(15)14-8-9-3-2-4-10(12)7-9/h2-4,7,13H,5-6,8H2,1H3,(H,14,15). The highest BCUT2D eigenvalue weighted by molar-refractivity contribution is 6.30. The van der Waals surface area contributed by atoms with Gasteiger partial charge in [0.05, 0.1) is 0 Å². The van der Waals surface area contributed by atoms with Crippen LogP contribution >= 0.6 is 11.6 Å². The number of rotatable bonds is 5. The molecule has 4 heteroatoms. The van der Waals surface area contributed by atoms with Crippen LogP contribution in [0.1, 0.15) is 12.0 Å². The van der Waals surface area contributed by atoms with Crippen LogP contribution in [-0.2, 0) is 11.3 Å². The van der Waals surface area contributed by atoms with Crippen LogP contribution < -0.4 is 10.6 Å². The predicted octanol–water partition coefficient (Wildman–Crippen LogP) is 1.57. The summed E-state index contributed by atoms with van der Waals surface area (Å²) in [5, 5.41) is 6.44. The minimum Gasteiger partial charge on any atom is -0.352 e. The number of amides is 1. The zero-order chi connectivity index (χ0) is 11.1. The van der Waals surface area contributed by atoms with E-state index in [2.05, 4.69) is 10.6 Å². The van der Waals surface area contributed by atoms with Gasteiger partial charge in [-0.05, 0) is 24.7 Å². The summed E-state index contributed by atoms with van der Waals surface area (Å²) in [6.45, 7) is 1.23. The first-order valence-corrected chi connectivity index (χ1v) is 5.26. The van der Waals surface area contributed by atoms with Crippen molar-refractivity contribution in [1.29, 1.82) is 0 Å². The topological polar surface area (TPSA) is 41.1 Å². The van der Waals surface area contributed by atoms with E-state index in [1.807, 2.05) is 31.3 Å². The highest BCUT2D eigenvalue weighted by Gasteiger charge is 2.00. The maximum Gasteiger partial charge on any atom is 0.221 e. The molecule has 0 radical (unpaired) electrons. The molecule has 15 heavy (non-hydrogen) atoms. The molecule has 0 spiro atoms. The fourth-order valence-electron chi connectivity index (χ4n) is 1.17. The smallest absolute Gasteiger partial charge is 0.221 e. The van der Waals surface area contributed by atoms with Gasteiger partial charge in [-0.15, -0.1) is 0 Å². The van der Waals surface area contributed by atoms with Gasteiger partial charge in [0.1, 0.15) is 0 Å². The van der Waals surface area contributed by atoms with E-state index in [4.69, 9.17) is 11.6 Å². The molecule has 0 saturated heterocycles. The molecule has 0 saturated carbocycles. The molecule has 0 aliphatic heterocycles. The lowest BCUT2D eigenvalue weighted by molar-refractivity contribution is -0.121. The lowest BCUT2D eigenvalue weighted by Gasteiger charge is -2.05. The van der Waals surface area contributed by atoms with Crippen molar-refractivity contribution in [2.75, 3.05) is 13.6 Å². The van der Waals surface area contributed by atoms with E-state index < -0.39 is 0 Å². The van der Waals surface area contributed by atoms with Crippen LogP contribution in [0.15, 0.2) is 24.3 Å². The van der Waals surface area contributed by atoms with Crippen molar-refractivity contribution in [3.8, 4) is 0 Å². The molecule has 2 N–H and O–H groups in total. The third-order valence-corrected chi connectivity index (χ3v) is 2.22. The number of benzene rings is 1. The van der Waals surface area contributed by atoms with Gasteiger partial charge in [0.25, 0.3) is 0 Å². The van der Waals surface area contributed by atoms with Crippen LogP contribution in [0.25, 0.3) is 0 Å². The molecule has 1 rings (SSSR count). The summed E-state index contributed by atoms with van der Waals surface area (Å²) in [4.78, 5) is 11.3. The molecule has 0 bridgehead atoms. The summed E-state index contributed by atoms with van der Waals surface area (Å²) in [6.07, 6.45) is 0.497. The van der Waals surface area contributed by atoms with E-state index >= 15 is 0 Å². The summed E-state index contributed by atoms with van der Waals surface area (Å²) in [6, 6.07) is 7.47. The molecule has 0 unspecified atom stereocenters. The molecule has 3 nitrogen and oxygen atoms in total. The highest BCUT2D eigenvalue weighted by atomic mass is 35.5. The lowest BCUT2D eigenvalue weighted by Crippen LogP contribution is -2.26. The molecule has 0 aliphatic carbocycles.